The molecule has 1 aliphatic rings. The molecule has 1 aromatic carbocycles. The van der Waals surface area contributed by atoms with Gasteiger partial charge in [0.15, 0.2) is 9.84 Å². The van der Waals surface area contributed by atoms with E-state index in [0.717, 1.165) is 31.1 Å². The highest BCUT2D eigenvalue weighted by atomic mass is 32.2. The number of sulfone groups is 1. The van der Waals surface area contributed by atoms with E-state index in [-0.39, 0.29) is 10.9 Å². The fourth-order valence-corrected chi connectivity index (χ4v) is 3.07. The molecule has 0 aromatic heterocycles. The maximum Gasteiger partial charge on any atom is 0.407 e. The molecule has 5 nitrogen and oxygen atoms in total. The molecule has 1 amide bonds. The van der Waals surface area contributed by atoms with E-state index >= 15 is 0 Å². The summed E-state index contributed by atoms with van der Waals surface area (Å²) in [6.45, 7) is 0.536. The van der Waals surface area contributed by atoms with Crippen LogP contribution in [0.5, 0.6) is 0 Å². The predicted octanol–water partition coefficient (Wildman–Crippen LogP) is 2.30. The topological polar surface area (TPSA) is 74.7 Å². The van der Waals surface area contributed by atoms with Crippen molar-refractivity contribution in [3.63, 3.8) is 0 Å². The molecule has 1 heterocycles. The van der Waals surface area contributed by atoms with Gasteiger partial charge in [-0.15, -0.1) is 0 Å². The Bertz CT molecular complexity index is 565. The normalized spacial score (nSPS) is 20.3. The maximum atomic E-state index is 11.4. The zero-order valence-corrected chi connectivity index (χ0v) is 11.6. The van der Waals surface area contributed by atoms with Gasteiger partial charge < -0.3 is 10.0 Å². The van der Waals surface area contributed by atoms with Crippen LogP contribution in [-0.4, -0.2) is 37.3 Å². The Hall–Kier alpha value is -1.56. The van der Waals surface area contributed by atoms with Crippen LogP contribution >= 0.6 is 0 Å². The molecule has 2 rings (SSSR count). The van der Waals surface area contributed by atoms with Gasteiger partial charge in [0.2, 0.25) is 0 Å². The van der Waals surface area contributed by atoms with Gasteiger partial charge in [-0.3, -0.25) is 0 Å². The Morgan fingerprint density at radius 2 is 1.89 bits per heavy atom. The first-order chi connectivity index (χ1) is 8.89. The molecule has 104 valence electrons. The third kappa shape index (κ3) is 3.07. The lowest BCUT2D eigenvalue weighted by molar-refractivity contribution is 0.106. The van der Waals surface area contributed by atoms with Gasteiger partial charge in [0.1, 0.15) is 0 Å². The van der Waals surface area contributed by atoms with Gasteiger partial charge in [-0.25, -0.2) is 13.2 Å². The zero-order valence-electron chi connectivity index (χ0n) is 10.7. The summed E-state index contributed by atoms with van der Waals surface area (Å²) in [6, 6.07) is 6.34. The van der Waals surface area contributed by atoms with Crippen molar-refractivity contribution in [1.82, 2.24) is 4.90 Å². The number of benzene rings is 1. The third-order valence-corrected chi connectivity index (χ3v) is 4.57. The maximum absolute atomic E-state index is 11.4. The van der Waals surface area contributed by atoms with Crippen molar-refractivity contribution >= 4 is 15.9 Å². The van der Waals surface area contributed by atoms with Crippen molar-refractivity contribution in [2.45, 2.75) is 30.2 Å². The van der Waals surface area contributed by atoms with Crippen LogP contribution in [0.3, 0.4) is 0 Å². The Kier molecular flexibility index (Phi) is 3.80. The molecule has 1 aliphatic heterocycles. The molecule has 19 heavy (non-hydrogen) atoms. The summed E-state index contributed by atoms with van der Waals surface area (Å²) in [7, 11) is -3.21. The lowest BCUT2D eigenvalue weighted by Crippen LogP contribution is -2.37. The summed E-state index contributed by atoms with van der Waals surface area (Å²) in [5.74, 6) is 0. The predicted molar refractivity (Wildman–Crippen MR) is 70.9 cm³/mol. The summed E-state index contributed by atoms with van der Waals surface area (Å²) in [5, 5.41) is 9.18. The highest BCUT2D eigenvalue weighted by Crippen LogP contribution is 2.31. The highest BCUT2D eigenvalue weighted by molar-refractivity contribution is 7.90. The minimum absolute atomic E-state index is 0.167. The Balaban J connectivity index is 2.28. The SMILES string of the molecule is CS(=O)(=O)c1ccc(C2CCCCN2C(=O)O)cc1. The van der Waals surface area contributed by atoms with Gasteiger partial charge in [0, 0.05) is 12.8 Å². The van der Waals surface area contributed by atoms with Crippen molar-refractivity contribution in [1.29, 1.82) is 0 Å². The number of piperidine rings is 1. The molecular formula is C13H17NO4S. The Labute approximate surface area is 112 Å². The van der Waals surface area contributed by atoms with Crippen molar-refractivity contribution in [2.75, 3.05) is 12.8 Å². The molecule has 1 N–H and O–H groups in total. The van der Waals surface area contributed by atoms with E-state index in [1.165, 1.54) is 4.90 Å². The van der Waals surface area contributed by atoms with E-state index in [4.69, 9.17) is 0 Å². The number of amides is 1. The zero-order chi connectivity index (χ0) is 14.0. The van der Waals surface area contributed by atoms with Gasteiger partial charge in [0.05, 0.1) is 10.9 Å². The van der Waals surface area contributed by atoms with Crippen LogP contribution in [0.25, 0.3) is 0 Å². The van der Waals surface area contributed by atoms with Gasteiger partial charge >= 0.3 is 6.09 Å². The largest absolute Gasteiger partial charge is 0.465 e. The van der Waals surface area contributed by atoms with Crippen LogP contribution in [0, 0.1) is 0 Å². The second kappa shape index (κ2) is 5.21. The molecule has 0 aliphatic carbocycles. The number of nitrogens with zero attached hydrogens (tertiary/aromatic N) is 1. The summed E-state index contributed by atoms with van der Waals surface area (Å²) >= 11 is 0. The van der Waals surface area contributed by atoms with Gasteiger partial charge in [-0.2, -0.15) is 0 Å². The van der Waals surface area contributed by atoms with Crippen LogP contribution in [0.1, 0.15) is 30.9 Å². The smallest absolute Gasteiger partial charge is 0.407 e. The third-order valence-electron chi connectivity index (χ3n) is 3.44. The molecule has 0 spiro atoms. The van der Waals surface area contributed by atoms with E-state index in [2.05, 4.69) is 0 Å². The van der Waals surface area contributed by atoms with E-state index < -0.39 is 15.9 Å². The number of likely N-dealkylation sites (tertiary alicyclic amines) is 1. The minimum Gasteiger partial charge on any atom is -0.465 e. The summed E-state index contributed by atoms with van der Waals surface area (Å²) in [5.41, 5.74) is 0.856. The first-order valence-electron chi connectivity index (χ1n) is 6.19. The molecular weight excluding hydrogens is 266 g/mol. The molecule has 0 saturated carbocycles. The summed E-state index contributed by atoms with van der Waals surface area (Å²) < 4.78 is 22.8. The minimum atomic E-state index is -3.21. The molecule has 1 saturated heterocycles. The van der Waals surface area contributed by atoms with Crippen LogP contribution in [-0.2, 0) is 9.84 Å². The van der Waals surface area contributed by atoms with Crippen LogP contribution < -0.4 is 0 Å². The number of hydrogen-bond donors (Lipinski definition) is 1. The molecule has 0 radical (unpaired) electrons. The van der Waals surface area contributed by atoms with E-state index in [1.54, 1.807) is 24.3 Å². The van der Waals surface area contributed by atoms with Gasteiger partial charge in [-0.1, -0.05) is 12.1 Å². The second-order valence-corrected chi connectivity index (χ2v) is 6.84. The monoisotopic (exact) mass is 283 g/mol. The highest BCUT2D eigenvalue weighted by Gasteiger charge is 2.27. The molecule has 1 unspecified atom stereocenters. The summed E-state index contributed by atoms with van der Waals surface area (Å²) in [6.07, 6.45) is 2.89. The molecule has 1 fully saturated rings. The van der Waals surface area contributed by atoms with Crippen molar-refractivity contribution in [3.8, 4) is 0 Å². The second-order valence-electron chi connectivity index (χ2n) is 4.83. The van der Waals surface area contributed by atoms with Crippen LogP contribution in [0.15, 0.2) is 29.2 Å². The first-order valence-corrected chi connectivity index (χ1v) is 8.08. The van der Waals surface area contributed by atoms with Crippen LogP contribution in [0.4, 0.5) is 4.79 Å². The lowest BCUT2D eigenvalue weighted by Gasteiger charge is -2.33. The molecule has 1 atom stereocenters. The quantitative estimate of drug-likeness (QED) is 0.903. The average molecular weight is 283 g/mol. The number of rotatable bonds is 2. The summed E-state index contributed by atoms with van der Waals surface area (Å²) in [4.78, 5) is 12.9. The lowest BCUT2D eigenvalue weighted by atomic mass is 9.96. The van der Waals surface area contributed by atoms with Crippen LogP contribution in [0.2, 0.25) is 0 Å². The van der Waals surface area contributed by atoms with E-state index in [9.17, 15) is 18.3 Å². The van der Waals surface area contributed by atoms with Crippen molar-refractivity contribution in [2.24, 2.45) is 0 Å². The number of carbonyl (C=O) groups is 1. The standard InChI is InChI=1S/C13H17NO4S/c1-19(17,18)11-7-5-10(6-8-11)12-4-2-3-9-14(12)13(15)16/h5-8,12H,2-4,9H2,1H3,(H,15,16). The van der Waals surface area contributed by atoms with E-state index in [1.807, 2.05) is 0 Å². The fraction of sp³-hybridized carbons (Fsp3) is 0.462. The molecule has 0 bridgehead atoms. The van der Waals surface area contributed by atoms with E-state index in [0.29, 0.717) is 6.54 Å². The van der Waals surface area contributed by atoms with Gasteiger partial charge in [0.25, 0.3) is 0 Å². The first kappa shape index (κ1) is 13.9. The number of carboxylic acid groups (broad SMARTS) is 1. The average Bonchev–Trinajstić information content (AvgIpc) is 2.38. The Morgan fingerprint density at radius 1 is 1.26 bits per heavy atom. The van der Waals surface area contributed by atoms with Crippen molar-refractivity contribution < 1.29 is 18.3 Å². The number of hydrogen-bond acceptors (Lipinski definition) is 3. The van der Waals surface area contributed by atoms with Gasteiger partial charge in [-0.05, 0) is 37.0 Å². The molecule has 6 heteroatoms. The Morgan fingerprint density at radius 3 is 2.42 bits per heavy atom. The van der Waals surface area contributed by atoms with Crippen molar-refractivity contribution in [3.05, 3.63) is 29.8 Å². The molecule has 1 aromatic rings. The fourth-order valence-electron chi connectivity index (χ4n) is 2.44.